The minimum absolute atomic E-state index is 0.0656. The highest BCUT2D eigenvalue weighted by molar-refractivity contribution is 7.80. The summed E-state index contributed by atoms with van der Waals surface area (Å²) < 4.78 is 5.53. The number of anilines is 1. The van der Waals surface area contributed by atoms with Crippen molar-refractivity contribution in [2.75, 3.05) is 18.5 Å². The van der Waals surface area contributed by atoms with Crippen LogP contribution in [0.2, 0.25) is 0 Å². The number of hydrogen-bond donors (Lipinski definition) is 3. The third-order valence-electron chi connectivity index (χ3n) is 4.40. The lowest BCUT2D eigenvalue weighted by Gasteiger charge is -2.14. The fraction of sp³-hybridized carbons (Fsp3) is 0.227. The maximum Gasteiger partial charge on any atom is 0.253 e. The Morgan fingerprint density at radius 1 is 1.10 bits per heavy atom. The lowest BCUT2D eigenvalue weighted by molar-refractivity contribution is -0.115. The summed E-state index contributed by atoms with van der Waals surface area (Å²) in [5.41, 5.74) is 1.88. The van der Waals surface area contributed by atoms with E-state index in [9.17, 15) is 9.59 Å². The minimum Gasteiger partial charge on any atom is -0.376 e. The highest BCUT2D eigenvalue weighted by Crippen LogP contribution is 2.16. The van der Waals surface area contributed by atoms with E-state index in [0.717, 1.165) is 25.0 Å². The van der Waals surface area contributed by atoms with Gasteiger partial charge in [-0.05, 0) is 48.8 Å². The zero-order valence-corrected chi connectivity index (χ0v) is 16.7. The molecule has 1 aliphatic heterocycles. The van der Waals surface area contributed by atoms with Gasteiger partial charge in [-0.1, -0.05) is 42.5 Å². The molecule has 1 fully saturated rings. The van der Waals surface area contributed by atoms with E-state index >= 15 is 0 Å². The number of rotatable bonds is 6. The number of carbonyl (C=O) groups excluding carboxylic acids is 2. The van der Waals surface area contributed by atoms with Gasteiger partial charge in [-0.15, -0.1) is 0 Å². The first-order valence-corrected chi connectivity index (χ1v) is 9.86. The zero-order chi connectivity index (χ0) is 20.5. The van der Waals surface area contributed by atoms with Gasteiger partial charge in [0.1, 0.15) is 0 Å². The Morgan fingerprint density at radius 3 is 2.62 bits per heavy atom. The summed E-state index contributed by atoms with van der Waals surface area (Å²) >= 11 is 5.21. The molecule has 29 heavy (non-hydrogen) atoms. The van der Waals surface area contributed by atoms with Gasteiger partial charge in [0, 0.05) is 19.2 Å². The van der Waals surface area contributed by atoms with Crippen molar-refractivity contribution >= 4 is 40.9 Å². The SMILES string of the molecule is O=C(C=Cc1ccccc1)NC(=S)Nc1ccccc1C(=O)NCC1CCCO1. The van der Waals surface area contributed by atoms with Crippen LogP contribution in [0.4, 0.5) is 5.69 Å². The molecule has 1 aliphatic rings. The Balaban J connectivity index is 1.55. The first kappa shape index (κ1) is 20.7. The Hall–Kier alpha value is -3.03. The van der Waals surface area contributed by atoms with Crippen LogP contribution in [0.3, 0.4) is 0 Å². The van der Waals surface area contributed by atoms with Gasteiger partial charge >= 0.3 is 0 Å². The number of para-hydroxylation sites is 1. The summed E-state index contributed by atoms with van der Waals surface area (Å²) in [6.45, 7) is 1.21. The average molecular weight is 410 g/mol. The van der Waals surface area contributed by atoms with Crippen molar-refractivity contribution in [2.24, 2.45) is 0 Å². The third kappa shape index (κ3) is 6.51. The van der Waals surface area contributed by atoms with Crippen molar-refractivity contribution in [1.82, 2.24) is 10.6 Å². The average Bonchev–Trinajstić information content (AvgIpc) is 3.25. The highest BCUT2D eigenvalue weighted by Gasteiger charge is 2.18. The van der Waals surface area contributed by atoms with Crippen molar-refractivity contribution < 1.29 is 14.3 Å². The predicted molar refractivity (Wildman–Crippen MR) is 118 cm³/mol. The molecule has 0 spiro atoms. The van der Waals surface area contributed by atoms with Crippen LogP contribution in [-0.2, 0) is 9.53 Å². The molecule has 0 aliphatic carbocycles. The summed E-state index contributed by atoms with van der Waals surface area (Å²) in [4.78, 5) is 24.6. The van der Waals surface area contributed by atoms with Gasteiger partial charge in [0.25, 0.3) is 5.91 Å². The molecule has 0 saturated carbocycles. The van der Waals surface area contributed by atoms with Crippen molar-refractivity contribution in [1.29, 1.82) is 0 Å². The first-order chi connectivity index (χ1) is 14.1. The van der Waals surface area contributed by atoms with Crippen LogP contribution < -0.4 is 16.0 Å². The van der Waals surface area contributed by atoms with E-state index in [2.05, 4.69) is 16.0 Å². The van der Waals surface area contributed by atoms with Crippen LogP contribution >= 0.6 is 12.2 Å². The van der Waals surface area contributed by atoms with E-state index in [1.165, 1.54) is 6.08 Å². The molecule has 1 heterocycles. The summed E-state index contributed by atoms with van der Waals surface area (Å²) in [6, 6.07) is 16.5. The summed E-state index contributed by atoms with van der Waals surface area (Å²) in [5.74, 6) is -0.576. The van der Waals surface area contributed by atoms with Crippen LogP contribution in [0.1, 0.15) is 28.8 Å². The number of nitrogens with one attached hydrogen (secondary N) is 3. The molecular formula is C22H23N3O3S. The summed E-state index contributed by atoms with van der Waals surface area (Å²) in [6.07, 6.45) is 5.14. The monoisotopic (exact) mass is 409 g/mol. The van der Waals surface area contributed by atoms with Gasteiger partial charge in [0.05, 0.1) is 17.4 Å². The molecule has 2 amide bonds. The highest BCUT2D eigenvalue weighted by atomic mass is 32.1. The van der Waals surface area contributed by atoms with E-state index in [0.29, 0.717) is 17.8 Å². The smallest absolute Gasteiger partial charge is 0.253 e. The standard InChI is InChI=1S/C22H23N3O3S/c26-20(13-12-16-7-2-1-3-8-16)25-22(29)24-19-11-5-4-10-18(19)21(27)23-15-17-9-6-14-28-17/h1-5,7-8,10-13,17H,6,9,14-15H2,(H,23,27)(H2,24,25,26,29). The molecule has 0 aromatic heterocycles. The molecule has 1 saturated heterocycles. The molecule has 7 heteroatoms. The lowest BCUT2D eigenvalue weighted by atomic mass is 10.1. The number of thiocarbonyl (C=S) groups is 1. The van der Waals surface area contributed by atoms with E-state index in [1.807, 2.05) is 30.3 Å². The van der Waals surface area contributed by atoms with Crippen LogP contribution in [0.15, 0.2) is 60.7 Å². The Labute approximate surface area is 175 Å². The molecule has 3 N–H and O–H groups in total. The topological polar surface area (TPSA) is 79.5 Å². The van der Waals surface area contributed by atoms with Crippen LogP contribution in [0.25, 0.3) is 6.08 Å². The van der Waals surface area contributed by atoms with Crippen molar-refractivity contribution in [3.8, 4) is 0 Å². The molecule has 3 rings (SSSR count). The molecule has 1 atom stereocenters. The number of hydrogen-bond acceptors (Lipinski definition) is 4. The van der Waals surface area contributed by atoms with E-state index < -0.39 is 0 Å². The second-order valence-corrected chi connectivity index (χ2v) is 6.99. The Kier molecular flexibility index (Phi) is 7.49. The molecule has 2 aromatic rings. The molecule has 150 valence electrons. The predicted octanol–water partition coefficient (Wildman–Crippen LogP) is 3.12. The van der Waals surface area contributed by atoms with Gasteiger partial charge in [-0.25, -0.2) is 0 Å². The molecule has 2 aromatic carbocycles. The van der Waals surface area contributed by atoms with E-state index in [4.69, 9.17) is 17.0 Å². The van der Waals surface area contributed by atoms with Crippen molar-refractivity contribution in [3.63, 3.8) is 0 Å². The second kappa shape index (κ2) is 10.5. The fourth-order valence-electron chi connectivity index (χ4n) is 2.94. The maximum atomic E-state index is 12.5. The molecule has 1 unspecified atom stereocenters. The van der Waals surface area contributed by atoms with Crippen LogP contribution in [0.5, 0.6) is 0 Å². The normalized spacial score (nSPS) is 15.8. The Morgan fingerprint density at radius 2 is 1.86 bits per heavy atom. The maximum absolute atomic E-state index is 12.5. The number of ether oxygens (including phenoxy) is 1. The zero-order valence-electron chi connectivity index (χ0n) is 15.9. The molecule has 0 bridgehead atoms. The molecule has 0 radical (unpaired) electrons. The second-order valence-electron chi connectivity index (χ2n) is 6.58. The van der Waals surface area contributed by atoms with Gasteiger partial charge in [0.2, 0.25) is 5.91 Å². The lowest BCUT2D eigenvalue weighted by Crippen LogP contribution is -2.35. The van der Waals surface area contributed by atoms with Crippen LogP contribution in [0, 0.1) is 0 Å². The van der Waals surface area contributed by atoms with Gasteiger partial charge < -0.3 is 15.4 Å². The number of amides is 2. The van der Waals surface area contributed by atoms with Crippen molar-refractivity contribution in [2.45, 2.75) is 18.9 Å². The summed E-state index contributed by atoms with van der Waals surface area (Å²) in [5, 5.41) is 8.51. The Bertz CT molecular complexity index is 893. The van der Waals surface area contributed by atoms with Crippen LogP contribution in [-0.4, -0.2) is 36.2 Å². The summed E-state index contributed by atoms with van der Waals surface area (Å²) in [7, 11) is 0. The minimum atomic E-state index is -0.355. The van der Waals surface area contributed by atoms with E-state index in [1.54, 1.807) is 30.3 Å². The van der Waals surface area contributed by atoms with Crippen molar-refractivity contribution in [3.05, 3.63) is 71.8 Å². The van der Waals surface area contributed by atoms with E-state index in [-0.39, 0.29) is 23.0 Å². The fourth-order valence-corrected chi connectivity index (χ4v) is 3.15. The third-order valence-corrected chi connectivity index (χ3v) is 4.60. The number of benzene rings is 2. The first-order valence-electron chi connectivity index (χ1n) is 9.46. The quantitative estimate of drug-likeness (QED) is 0.505. The van der Waals surface area contributed by atoms with Gasteiger partial charge in [0.15, 0.2) is 5.11 Å². The number of carbonyl (C=O) groups is 2. The largest absolute Gasteiger partial charge is 0.376 e. The molecule has 6 nitrogen and oxygen atoms in total. The van der Waals surface area contributed by atoms with Gasteiger partial charge in [-0.3, -0.25) is 14.9 Å². The molecular weight excluding hydrogens is 386 g/mol. The van der Waals surface area contributed by atoms with Gasteiger partial charge in [-0.2, -0.15) is 0 Å².